The Labute approximate surface area is 118 Å². The van der Waals surface area contributed by atoms with Crippen LogP contribution in [-0.4, -0.2) is 16.6 Å². The molecule has 0 radical (unpaired) electrons. The fraction of sp³-hybridized carbons (Fsp3) is 0.312. The summed E-state index contributed by atoms with van der Waals surface area (Å²) in [6.07, 6.45) is 3.52. The Morgan fingerprint density at radius 1 is 1.30 bits per heavy atom. The maximum atomic E-state index is 12.9. The number of rotatable bonds is 5. The molecule has 0 aliphatic heterocycles. The van der Waals surface area contributed by atoms with Crippen LogP contribution in [0.1, 0.15) is 31.0 Å². The van der Waals surface area contributed by atoms with Gasteiger partial charge in [-0.05, 0) is 43.2 Å². The lowest BCUT2D eigenvalue weighted by atomic mass is 9.95. The first-order valence-corrected chi connectivity index (χ1v) is 6.61. The summed E-state index contributed by atoms with van der Waals surface area (Å²) in [6.45, 7) is 4.09. The van der Waals surface area contributed by atoms with Gasteiger partial charge in [0.15, 0.2) is 0 Å². The highest BCUT2D eigenvalue weighted by atomic mass is 19.1. The van der Waals surface area contributed by atoms with Crippen LogP contribution in [0.3, 0.4) is 0 Å². The summed E-state index contributed by atoms with van der Waals surface area (Å²) in [5.74, 6) is -0.304. The average Bonchev–Trinajstić information content (AvgIpc) is 2.46. The highest BCUT2D eigenvalue weighted by Gasteiger charge is 2.23. The lowest BCUT2D eigenvalue weighted by Gasteiger charge is -2.26. The molecule has 2 aromatic rings. The van der Waals surface area contributed by atoms with Crippen LogP contribution in [0, 0.1) is 5.82 Å². The molecule has 0 fully saturated rings. The third-order valence-electron chi connectivity index (χ3n) is 3.40. The molecule has 2 N–H and O–H groups in total. The number of nitrogens with one attached hydrogen (secondary N) is 1. The number of pyridine rings is 1. The van der Waals surface area contributed by atoms with Crippen LogP contribution in [-0.2, 0) is 5.60 Å². The summed E-state index contributed by atoms with van der Waals surface area (Å²) in [4.78, 5) is 4.07. The van der Waals surface area contributed by atoms with Crippen LogP contribution >= 0.6 is 0 Å². The summed E-state index contributed by atoms with van der Waals surface area (Å²) in [5, 5.41) is 13.7. The average molecular weight is 274 g/mol. The predicted molar refractivity (Wildman–Crippen MR) is 76.6 cm³/mol. The van der Waals surface area contributed by atoms with Crippen molar-refractivity contribution in [2.75, 3.05) is 6.54 Å². The minimum Gasteiger partial charge on any atom is -0.384 e. The van der Waals surface area contributed by atoms with Gasteiger partial charge in [-0.1, -0.05) is 18.2 Å². The zero-order valence-corrected chi connectivity index (χ0v) is 11.7. The number of hydrogen-bond donors (Lipinski definition) is 2. The highest BCUT2D eigenvalue weighted by Crippen LogP contribution is 2.21. The molecule has 0 bridgehead atoms. The van der Waals surface area contributed by atoms with Gasteiger partial charge in [-0.15, -0.1) is 0 Å². The number of hydrogen-bond acceptors (Lipinski definition) is 3. The molecule has 0 saturated carbocycles. The second kappa shape index (κ2) is 6.11. The number of halogens is 1. The van der Waals surface area contributed by atoms with Crippen LogP contribution in [0.4, 0.5) is 4.39 Å². The lowest BCUT2D eigenvalue weighted by Crippen LogP contribution is -2.36. The third kappa shape index (κ3) is 3.62. The van der Waals surface area contributed by atoms with E-state index in [1.807, 2.05) is 19.1 Å². The molecule has 0 saturated heterocycles. The van der Waals surface area contributed by atoms with E-state index in [4.69, 9.17) is 0 Å². The summed E-state index contributed by atoms with van der Waals surface area (Å²) < 4.78 is 12.9. The first kappa shape index (κ1) is 14.6. The van der Waals surface area contributed by atoms with Crippen molar-refractivity contribution in [3.63, 3.8) is 0 Å². The van der Waals surface area contributed by atoms with E-state index in [-0.39, 0.29) is 11.9 Å². The zero-order valence-electron chi connectivity index (χ0n) is 11.7. The summed E-state index contributed by atoms with van der Waals surface area (Å²) in [7, 11) is 0. The van der Waals surface area contributed by atoms with Gasteiger partial charge in [0.2, 0.25) is 0 Å². The van der Waals surface area contributed by atoms with E-state index in [2.05, 4.69) is 10.3 Å². The molecule has 0 aliphatic carbocycles. The molecule has 0 spiro atoms. The van der Waals surface area contributed by atoms with E-state index in [9.17, 15) is 9.50 Å². The second-order valence-electron chi connectivity index (χ2n) is 5.17. The van der Waals surface area contributed by atoms with Gasteiger partial charge in [0.05, 0.1) is 5.60 Å². The van der Waals surface area contributed by atoms with Gasteiger partial charge in [-0.3, -0.25) is 4.98 Å². The molecule has 106 valence electrons. The van der Waals surface area contributed by atoms with Gasteiger partial charge in [0.1, 0.15) is 5.82 Å². The Hall–Kier alpha value is -1.78. The van der Waals surface area contributed by atoms with E-state index in [0.29, 0.717) is 12.1 Å². The van der Waals surface area contributed by atoms with Crippen molar-refractivity contribution in [3.05, 3.63) is 65.7 Å². The molecular weight excluding hydrogens is 255 g/mol. The Bertz CT molecular complexity index is 540. The van der Waals surface area contributed by atoms with Crippen LogP contribution in [0.5, 0.6) is 0 Å². The normalized spacial score (nSPS) is 15.6. The first-order valence-electron chi connectivity index (χ1n) is 6.61. The molecule has 0 amide bonds. The molecule has 4 heteroatoms. The molecule has 2 unspecified atom stereocenters. The molecule has 2 atom stereocenters. The van der Waals surface area contributed by atoms with Gasteiger partial charge >= 0.3 is 0 Å². The van der Waals surface area contributed by atoms with Crippen LogP contribution in [0.2, 0.25) is 0 Å². The second-order valence-corrected chi connectivity index (χ2v) is 5.17. The summed E-state index contributed by atoms with van der Waals surface area (Å²) in [6, 6.07) is 9.86. The van der Waals surface area contributed by atoms with Crippen molar-refractivity contribution in [2.45, 2.75) is 25.5 Å². The predicted octanol–water partition coefficient (Wildman–Crippen LogP) is 2.78. The molecule has 20 heavy (non-hydrogen) atoms. The molecular formula is C16H19FN2O. The number of aliphatic hydroxyl groups is 1. The molecule has 1 heterocycles. The number of benzene rings is 1. The zero-order chi connectivity index (χ0) is 14.6. The Morgan fingerprint density at radius 2 is 2.00 bits per heavy atom. The standard InChI is InChI=1S/C16H19FN2O/c1-12(13-4-3-9-18-10-13)19-11-16(2,20)14-5-7-15(17)8-6-14/h3-10,12,19-20H,11H2,1-2H3. The summed E-state index contributed by atoms with van der Waals surface area (Å²) in [5.41, 5.74) is 0.691. The summed E-state index contributed by atoms with van der Waals surface area (Å²) >= 11 is 0. The van der Waals surface area contributed by atoms with Gasteiger partial charge in [0.25, 0.3) is 0 Å². The first-order chi connectivity index (χ1) is 9.49. The monoisotopic (exact) mass is 274 g/mol. The van der Waals surface area contributed by atoms with E-state index >= 15 is 0 Å². The fourth-order valence-electron chi connectivity index (χ4n) is 2.01. The van der Waals surface area contributed by atoms with Crippen molar-refractivity contribution < 1.29 is 9.50 Å². The molecule has 3 nitrogen and oxygen atoms in total. The maximum Gasteiger partial charge on any atom is 0.123 e. The van der Waals surface area contributed by atoms with Crippen molar-refractivity contribution in [2.24, 2.45) is 0 Å². The third-order valence-corrected chi connectivity index (χ3v) is 3.40. The van der Waals surface area contributed by atoms with E-state index in [1.165, 1.54) is 12.1 Å². The molecule has 1 aromatic carbocycles. The van der Waals surface area contributed by atoms with Crippen molar-refractivity contribution in [1.29, 1.82) is 0 Å². The van der Waals surface area contributed by atoms with E-state index in [1.54, 1.807) is 31.5 Å². The minimum absolute atomic E-state index is 0.0793. The molecule has 2 rings (SSSR count). The quantitative estimate of drug-likeness (QED) is 0.881. The van der Waals surface area contributed by atoms with Crippen molar-refractivity contribution in [3.8, 4) is 0 Å². The Morgan fingerprint density at radius 3 is 2.60 bits per heavy atom. The minimum atomic E-state index is -1.05. The lowest BCUT2D eigenvalue weighted by molar-refractivity contribution is 0.0543. The number of nitrogens with zero attached hydrogens (tertiary/aromatic N) is 1. The fourth-order valence-corrected chi connectivity index (χ4v) is 2.01. The molecule has 0 aliphatic rings. The topological polar surface area (TPSA) is 45.1 Å². The van der Waals surface area contributed by atoms with Gasteiger partial charge < -0.3 is 10.4 Å². The van der Waals surface area contributed by atoms with Crippen LogP contribution in [0.25, 0.3) is 0 Å². The Balaban J connectivity index is 2.00. The van der Waals surface area contributed by atoms with Crippen molar-refractivity contribution >= 4 is 0 Å². The maximum absolute atomic E-state index is 12.9. The van der Waals surface area contributed by atoms with Gasteiger partial charge in [-0.2, -0.15) is 0 Å². The van der Waals surface area contributed by atoms with E-state index in [0.717, 1.165) is 5.56 Å². The Kier molecular flexibility index (Phi) is 4.47. The van der Waals surface area contributed by atoms with Gasteiger partial charge in [0, 0.05) is 25.0 Å². The van der Waals surface area contributed by atoms with Crippen molar-refractivity contribution in [1.82, 2.24) is 10.3 Å². The van der Waals surface area contributed by atoms with Crippen LogP contribution < -0.4 is 5.32 Å². The molecule has 1 aromatic heterocycles. The SMILES string of the molecule is CC(NCC(C)(O)c1ccc(F)cc1)c1cccnc1. The van der Waals surface area contributed by atoms with E-state index < -0.39 is 5.60 Å². The smallest absolute Gasteiger partial charge is 0.123 e. The highest BCUT2D eigenvalue weighted by molar-refractivity contribution is 5.23. The van der Waals surface area contributed by atoms with Gasteiger partial charge in [-0.25, -0.2) is 4.39 Å². The largest absolute Gasteiger partial charge is 0.384 e. The number of aromatic nitrogens is 1. The van der Waals surface area contributed by atoms with Crippen LogP contribution in [0.15, 0.2) is 48.8 Å².